The summed E-state index contributed by atoms with van der Waals surface area (Å²) in [5.41, 5.74) is 1.01. The summed E-state index contributed by atoms with van der Waals surface area (Å²) in [6.07, 6.45) is 5.16. The van der Waals surface area contributed by atoms with Gasteiger partial charge in [0.2, 0.25) is 5.88 Å². The van der Waals surface area contributed by atoms with Crippen LogP contribution in [-0.2, 0) is 0 Å². The van der Waals surface area contributed by atoms with Crippen LogP contribution in [-0.4, -0.2) is 23.2 Å². The third kappa shape index (κ3) is 2.19. The maximum Gasteiger partial charge on any atom is 0.214 e. The number of ether oxygens (including phenoxy) is 1. The minimum atomic E-state index is 0.326. The molecule has 2 bridgehead atoms. The number of hydrogen-bond donors (Lipinski definition) is 1. The molecule has 2 fully saturated rings. The van der Waals surface area contributed by atoms with E-state index in [1.807, 2.05) is 24.3 Å². The molecule has 2 unspecified atom stereocenters. The molecule has 98 valence electrons. The van der Waals surface area contributed by atoms with Crippen LogP contribution in [0.2, 0.25) is 0 Å². The van der Waals surface area contributed by atoms with Crippen LogP contribution in [0.4, 0.5) is 0 Å². The largest absolute Gasteiger partial charge is 0.474 e. The maximum atomic E-state index is 6.09. The molecule has 0 amide bonds. The van der Waals surface area contributed by atoms with Crippen molar-refractivity contribution in [2.24, 2.45) is 0 Å². The van der Waals surface area contributed by atoms with E-state index in [1.54, 1.807) is 0 Å². The molecule has 2 aromatic rings. The van der Waals surface area contributed by atoms with Gasteiger partial charge in [-0.15, -0.1) is 0 Å². The van der Waals surface area contributed by atoms with Crippen LogP contribution in [0.25, 0.3) is 10.9 Å². The molecule has 1 aromatic carbocycles. The van der Waals surface area contributed by atoms with E-state index in [-0.39, 0.29) is 0 Å². The summed E-state index contributed by atoms with van der Waals surface area (Å²) in [6, 6.07) is 13.6. The Bertz CT molecular complexity index is 586. The average Bonchev–Trinajstić information content (AvgIpc) is 2.78. The Morgan fingerprint density at radius 1 is 1.00 bits per heavy atom. The van der Waals surface area contributed by atoms with E-state index in [9.17, 15) is 0 Å². The predicted molar refractivity (Wildman–Crippen MR) is 75.3 cm³/mol. The zero-order chi connectivity index (χ0) is 12.7. The first-order valence-electron chi connectivity index (χ1n) is 7.15. The Morgan fingerprint density at radius 3 is 2.63 bits per heavy atom. The standard InChI is InChI=1S/C16H18N2O/c1-2-4-15-11(3-1)5-8-16(18-15)19-14-9-12-6-7-13(10-14)17-12/h1-5,8,12-14,17H,6-7,9-10H2. The van der Waals surface area contributed by atoms with E-state index in [2.05, 4.69) is 22.4 Å². The highest BCUT2D eigenvalue weighted by molar-refractivity contribution is 5.78. The summed E-state index contributed by atoms with van der Waals surface area (Å²) in [6.45, 7) is 0. The predicted octanol–water partition coefficient (Wildman–Crippen LogP) is 2.90. The van der Waals surface area contributed by atoms with Gasteiger partial charge in [0.15, 0.2) is 0 Å². The van der Waals surface area contributed by atoms with Crippen molar-refractivity contribution in [3.8, 4) is 5.88 Å². The second-order valence-corrected chi connectivity index (χ2v) is 5.69. The minimum absolute atomic E-state index is 0.326. The van der Waals surface area contributed by atoms with Gasteiger partial charge in [-0.25, -0.2) is 4.98 Å². The zero-order valence-corrected chi connectivity index (χ0v) is 10.9. The lowest BCUT2D eigenvalue weighted by Gasteiger charge is -2.29. The van der Waals surface area contributed by atoms with Gasteiger partial charge in [-0.1, -0.05) is 18.2 Å². The van der Waals surface area contributed by atoms with E-state index < -0.39 is 0 Å². The second kappa shape index (κ2) is 4.49. The van der Waals surface area contributed by atoms with E-state index in [0.717, 1.165) is 24.2 Å². The molecule has 19 heavy (non-hydrogen) atoms. The van der Waals surface area contributed by atoms with Crippen LogP contribution >= 0.6 is 0 Å². The zero-order valence-electron chi connectivity index (χ0n) is 10.9. The SMILES string of the molecule is c1ccc2nc(OC3CC4CCC(C3)N4)ccc2c1. The molecule has 2 aliphatic rings. The van der Waals surface area contributed by atoms with Crippen molar-refractivity contribution in [2.45, 2.75) is 43.9 Å². The van der Waals surface area contributed by atoms with Crippen LogP contribution in [0.15, 0.2) is 36.4 Å². The molecular weight excluding hydrogens is 236 g/mol. The van der Waals surface area contributed by atoms with Crippen LogP contribution in [0.1, 0.15) is 25.7 Å². The van der Waals surface area contributed by atoms with Crippen molar-refractivity contribution < 1.29 is 4.74 Å². The van der Waals surface area contributed by atoms with Crippen molar-refractivity contribution in [2.75, 3.05) is 0 Å². The molecule has 0 aliphatic carbocycles. The highest BCUT2D eigenvalue weighted by atomic mass is 16.5. The summed E-state index contributed by atoms with van der Waals surface area (Å²) in [5, 5.41) is 4.80. The Kier molecular flexibility index (Phi) is 2.66. The molecule has 4 rings (SSSR count). The first kappa shape index (κ1) is 11.2. The van der Waals surface area contributed by atoms with E-state index >= 15 is 0 Å². The van der Waals surface area contributed by atoms with Crippen LogP contribution in [0.5, 0.6) is 5.88 Å². The molecule has 0 saturated carbocycles. The lowest BCUT2D eigenvalue weighted by Crippen LogP contribution is -2.42. The number of fused-ring (bicyclic) bond motifs is 3. The number of nitrogens with one attached hydrogen (secondary N) is 1. The number of pyridine rings is 1. The molecule has 3 nitrogen and oxygen atoms in total. The molecule has 2 saturated heterocycles. The number of piperidine rings is 1. The second-order valence-electron chi connectivity index (χ2n) is 5.69. The lowest BCUT2D eigenvalue weighted by atomic mass is 10.0. The Balaban J connectivity index is 1.54. The number of nitrogens with zero attached hydrogens (tertiary/aromatic N) is 1. The van der Waals surface area contributed by atoms with Crippen molar-refractivity contribution in [1.82, 2.24) is 10.3 Å². The van der Waals surface area contributed by atoms with E-state index in [0.29, 0.717) is 18.2 Å². The fourth-order valence-electron chi connectivity index (χ4n) is 3.39. The number of benzene rings is 1. The highest BCUT2D eigenvalue weighted by Crippen LogP contribution is 2.29. The van der Waals surface area contributed by atoms with Crippen LogP contribution in [0, 0.1) is 0 Å². The van der Waals surface area contributed by atoms with Crippen molar-refractivity contribution in [3.63, 3.8) is 0 Å². The monoisotopic (exact) mass is 254 g/mol. The summed E-state index contributed by atoms with van der Waals surface area (Å²) in [5.74, 6) is 0.769. The Morgan fingerprint density at radius 2 is 1.79 bits per heavy atom. The summed E-state index contributed by atoms with van der Waals surface area (Å²) >= 11 is 0. The van der Waals surface area contributed by atoms with Gasteiger partial charge < -0.3 is 10.1 Å². The molecular formula is C16H18N2O. The Hall–Kier alpha value is -1.61. The lowest BCUT2D eigenvalue weighted by molar-refractivity contribution is 0.132. The number of hydrogen-bond acceptors (Lipinski definition) is 3. The molecule has 2 aliphatic heterocycles. The van der Waals surface area contributed by atoms with Gasteiger partial charge in [0.25, 0.3) is 0 Å². The third-order valence-corrected chi connectivity index (χ3v) is 4.29. The van der Waals surface area contributed by atoms with Crippen LogP contribution in [0.3, 0.4) is 0 Å². The molecule has 0 spiro atoms. The normalized spacial score (nSPS) is 29.6. The average molecular weight is 254 g/mol. The fourth-order valence-corrected chi connectivity index (χ4v) is 3.39. The molecule has 0 radical (unpaired) electrons. The van der Waals surface area contributed by atoms with Gasteiger partial charge in [-0.05, 0) is 37.8 Å². The first-order chi connectivity index (χ1) is 9.37. The number of para-hydroxylation sites is 1. The van der Waals surface area contributed by atoms with Gasteiger partial charge in [0.1, 0.15) is 6.10 Å². The minimum Gasteiger partial charge on any atom is -0.474 e. The van der Waals surface area contributed by atoms with Gasteiger partial charge >= 0.3 is 0 Å². The van der Waals surface area contributed by atoms with Crippen molar-refractivity contribution in [3.05, 3.63) is 36.4 Å². The number of rotatable bonds is 2. The first-order valence-corrected chi connectivity index (χ1v) is 7.15. The topological polar surface area (TPSA) is 34.1 Å². The third-order valence-electron chi connectivity index (χ3n) is 4.29. The molecule has 1 N–H and O–H groups in total. The van der Waals surface area contributed by atoms with Gasteiger partial charge in [-0.3, -0.25) is 0 Å². The smallest absolute Gasteiger partial charge is 0.214 e. The summed E-state index contributed by atoms with van der Waals surface area (Å²) in [4.78, 5) is 4.60. The molecule has 1 aromatic heterocycles. The maximum absolute atomic E-state index is 6.09. The van der Waals surface area contributed by atoms with E-state index in [1.165, 1.54) is 18.2 Å². The van der Waals surface area contributed by atoms with Gasteiger partial charge in [0.05, 0.1) is 5.52 Å². The summed E-state index contributed by atoms with van der Waals surface area (Å²) in [7, 11) is 0. The van der Waals surface area contributed by atoms with E-state index in [4.69, 9.17) is 4.74 Å². The van der Waals surface area contributed by atoms with Crippen molar-refractivity contribution in [1.29, 1.82) is 0 Å². The van der Waals surface area contributed by atoms with Crippen LogP contribution < -0.4 is 10.1 Å². The molecule has 3 heterocycles. The number of aromatic nitrogens is 1. The van der Waals surface area contributed by atoms with Gasteiger partial charge in [-0.2, -0.15) is 0 Å². The quantitative estimate of drug-likeness (QED) is 0.894. The fraction of sp³-hybridized carbons (Fsp3) is 0.438. The highest BCUT2D eigenvalue weighted by Gasteiger charge is 2.34. The van der Waals surface area contributed by atoms with Gasteiger partial charge in [0, 0.05) is 23.5 Å². The van der Waals surface area contributed by atoms with Crippen molar-refractivity contribution >= 4 is 10.9 Å². The molecule has 3 heteroatoms. The molecule has 2 atom stereocenters. The Labute approximate surface area is 113 Å². The summed E-state index contributed by atoms with van der Waals surface area (Å²) < 4.78 is 6.09.